The highest BCUT2D eigenvalue weighted by molar-refractivity contribution is 5.89. The van der Waals surface area contributed by atoms with Gasteiger partial charge in [-0.2, -0.15) is 0 Å². The van der Waals surface area contributed by atoms with E-state index in [2.05, 4.69) is 9.72 Å². The van der Waals surface area contributed by atoms with Crippen LogP contribution in [0.4, 0.5) is 8.78 Å². The van der Waals surface area contributed by atoms with E-state index in [1.807, 2.05) is 0 Å². The highest BCUT2D eigenvalue weighted by Gasteiger charge is 2.18. The van der Waals surface area contributed by atoms with Crippen molar-refractivity contribution in [1.82, 2.24) is 4.98 Å². The van der Waals surface area contributed by atoms with E-state index in [0.29, 0.717) is 0 Å². The summed E-state index contributed by atoms with van der Waals surface area (Å²) in [6, 6.07) is 0.852. The molecule has 0 radical (unpaired) electrons. The number of aromatic amines is 1. The van der Waals surface area contributed by atoms with Crippen molar-refractivity contribution in [1.29, 1.82) is 0 Å². The number of aryl methyl sites for hydroxylation is 1. The number of nitrogens with one attached hydrogen (secondary N) is 1. The van der Waals surface area contributed by atoms with Crippen LogP contribution >= 0.6 is 0 Å². The second-order valence-electron chi connectivity index (χ2n) is 2.88. The molecule has 1 rings (SSSR count). The number of alkyl halides is 2. The van der Waals surface area contributed by atoms with Crippen LogP contribution in [0.1, 0.15) is 28.0 Å². The fraction of sp³-hybridized carbons (Fsp3) is 0.333. The molecule has 0 spiro atoms. The summed E-state index contributed by atoms with van der Waals surface area (Å²) in [6.45, 7) is 1.34. The summed E-state index contributed by atoms with van der Waals surface area (Å²) in [5.74, 6) is -0.932. The van der Waals surface area contributed by atoms with Crippen molar-refractivity contribution in [3.05, 3.63) is 33.2 Å². The Morgan fingerprint density at radius 2 is 2.13 bits per heavy atom. The van der Waals surface area contributed by atoms with Gasteiger partial charge in [0.15, 0.2) is 0 Å². The predicted molar refractivity (Wildman–Crippen MR) is 48.1 cm³/mol. The first-order valence-corrected chi connectivity index (χ1v) is 4.07. The van der Waals surface area contributed by atoms with Gasteiger partial charge in [0.05, 0.1) is 7.11 Å². The Balaban J connectivity index is 3.36. The van der Waals surface area contributed by atoms with Crippen LogP contribution in [0, 0.1) is 6.92 Å². The first-order chi connectivity index (χ1) is 6.97. The van der Waals surface area contributed by atoms with Gasteiger partial charge in [-0.1, -0.05) is 0 Å². The smallest absolute Gasteiger partial charge is 0.343 e. The molecule has 0 saturated heterocycles. The van der Waals surface area contributed by atoms with Gasteiger partial charge in [-0.25, -0.2) is 13.6 Å². The van der Waals surface area contributed by atoms with E-state index in [4.69, 9.17) is 0 Å². The van der Waals surface area contributed by atoms with Gasteiger partial charge in [0.25, 0.3) is 12.0 Å². The van der Waals surface area contributed by atoms with E-state index in [9.17, 15) is 18.4 Å². The lowest BCUT2D eigenvalue weighted by Gasteiger charge is -2.06. The molecule has 1 heterocycles. The molecule has 0 aliphatic heterocycles. The maximum Gasteiger partial charge on any atom is 0.343 e. The Hall–Kier alpha value is -1.72. The molecule has 0 atom stereocenters. The van der Waals surface area contributed by atoms with Gasteiger partial charge in [0.1, 0.15) is 5.56 Å². The first kappa shape index (κ1) is 11.4. The summed E-state index contributed by atoms with van der Waals surface area (Å²) in [6.07, 6.45) is -2.75. The van der Waals surface area contributed by atoms with E-state index in [0.717, 1.165) is 13.2 Å². The summed E-state index contributed by atoms with van der Waals surface area (Å²) in [4.78, 5) is 24.4. The van der Waals surface area contributed by atoms with Crippen molar-refractivity contribution in [2.24, 2.45) is 0 Å². The molecule has 0 fully saturated rings. The standard InChI is InChI=1S/C9H9F2NO3/c1-4-5(7(10)11)3-6(8(13)12-4)9(14)15-2/h3,7H,1-2H3,(H,12,13). The third kappa shape index (κ3) is 2.20. The number of ether oxygens (including phenoxy) is 1. The first-order valence-electron chi connectivity index (χ1n) is 4.07. The minimum atomic E-state index is -2.75. The van der Waals surface area contributed by atoms with Crippen molar-refractivity contribution >= 4 is 5.97 Å². The molecule has 6 heteroatoms. The highest BCUT2D eigenvalue weighted by Crippen LogP contribution is 2.20. The lowest BCUT2D eigenvalue weighted by molar-refractivity contribution is 0.0598. The fourth-order valence-electron chi connectivity index (χ4n) is 1.13. The Labute approximate surface area is 83.9 Å². The summed E-state index contributed by atoms with van der Waals surface area (Å²) in [7, 11) is 1.07. The van der Waals surface area contributed by atoms with Crippen molar-refractivity contribution in [3.63, 3.8) is 0 Å². The zero-order valence-corrected chi connectivity index (χ0v) is 8.14. The molecule has 0 unspecified atom stereocenters. The number of methoxy groups -OCH3 is 1. The molecular weight excluding hydrogens is 208 g/mol. The summed E-state index contributed by atoms with van der Waals surface area (Å²) < 4.78 is 29.2. The predicted octanol–water partition coefficient (Wildman–Crippen LogP) is 1.41. The number of rotatable bonds is 2. The third-order valence-corrected chi connectivity index (χ3v) is 1.92. The minimum absolute atomic E-state index is 0.0441. The maximum absolute atomic E-state index is 12.4. The summed E-state index contributed by atoms with van der Waals surface area (Å²) >= 11 is 0. The molecule has 0 aliphatic carbocycles. The molecule has 0 bridgehead atoms. The van der Waals surface area contributed by atoms with Gasteiger partial charge < -0.3 is 9.72 Å². The van der Waals surface area contributed by atoms with Crippen LogP contribution in [0.3, 0.4) is 0 Å². The number of H-pyrrole nitrogens is 1. The van der Waals surface area contributed by atoms with Crippen molar-refractivity contribution in [3.8, 4) is 0 Å². The largest absolute Gasteiger partial charge is 0.465 e. The molecule has 15 heavy (non-hydrogen) atoms. The topological polar surface area (TPSA) is 59.2 Å². The Morgan fingerprint density at radius 1 is 1.53 bits per heavy atom. The molecule has 0 amide bonds. The molecular formula is C9H9F2NO3. The Bertz CT molecular complexity index is 439. The quantitative estimate of drug-likeness (QED) is 0.762. The monoisotopic (exact) mass is 217 g/mol. The van der Waals surface area contributed by atoms with Crippen molar-refractivity contribution in [2.75, 3.05) is 7.11 Å². The van der Waals surface area contributed by atoms with Gasteiger partial charge in [-0.05, 0) is 13.0 Å². The summed E-state index contributed by atoms with van der Waals surface area (Å²) in [5, 5.41) is 0. The molecule has 1 aromatic rings. The zero-order valence-electron chi connectivity index (χ0n) is 8.14. The third-order valence-electron chi connectivity index (χ3n) is 1.92. The number of pyridine rings is 1. The van der Waals surface area contributed by atoms with Crippen LogP contribution in [0.15, 0.2) is 10.9 Å². The van der Waals surface area contributed by atoms with Gasteiger partial charge in [0.2, 0.25) is 0 Å². The Morgan fingerprint density at radius 3 is 2.60 bits per heavy atom. The number of esters is 1. The molecule has 1 N–H and O–H groups in total. The molecule has 0 aromatic carbocycles. The lowest BCUT2D eigenvalue weighted by Crippen LogP contribution is -2.20. The minimum Gasteiger partial charge on any atom is -0.465 e. The number of aromatic nitrogens is 1. The fourth-order valence-corrected chi connectivity index (χ4v) is 1.13. The van der Waals surface area contributed by atoms with E-state index >= 15 is 0 Å². The van der Waals surface area contributed by atoms with Gasteiger partial charge in [-0.15, -0.1) is 0 Å². The second kappa shape index (κ2) is 4.20. The van der Waals surface area contributed by atoms with Crippen LogP contribution in [-0.2, 0) is 4.74 Å². The zero-order chi connectivity index (χ0) is 11.6. The van der Waals surface area contributed by atoms with E-state index in [-0.39, 0.29) is 11.3 Å². The molecule has 1 aromatic heterocycles. The van der Waals surface area contributed by atoms with E-state index in [1.54, 1.807) is 0 Å². The van der Waals surface area contributed by atoms with Crippen molar-refractivity contribution < 1.29 is 18.3 Å². The number of carbonyl (C=O) groups is 1. The summed E-state index contributed by atoms with van der Waals surface area (Å²) in [5.41, 5.74) is -1.49. The van der Waals surface area contributed by atoms with E-state index in [1.165, 1.54) is 6.92 Å². The van der Waals surface area contributed by atoms with Crippen LogP contribution in [0.25, 0.3) is 0 Å². The number of hydrogen-bond acceptors (Lipinski definition) is 3. The number of hydrogen-bond donors (Lipinski definition) is 1. The number of carbonyl (C=O) groups excluding carboxylic acids is 1. The molecule has 4 nitrogen and oxygen atoms in total. The molecule has 0 saturated carbocycles. The van der Waals surface area contributed by atoms with Crippen molar-refractivity contribution in [2.45, 2.75) is 13.3 Å². The average molecular weight is 217 g/mol. The molecule has 0 aliphatic rings. The van der Waals surface area contributed by atoms with Gasteiger partial charge in [-0.3, -0.25) is 4.79 Å². The average Bonchev–Trinajstić information content (AvgIpc) is 2.16. The number of halogens is 2. The highest BCUT2D eigenvalue weighted by atomic mass is 19.3. The lowest BCUT2D eigenvalue weighted by atomic mass is 10.1. The Kier molecular flexibility index (Phi) is 3.18. The second-order valence-corrected chi connectivity index (χ2v) is 2.88. The van der Waals surface area contributed by atoms with Crippen LogP contribution in [0.5, 0.6) is 0 Å². The normalized spacial score (nSPS) is 10.5. The van der Waals surface area contributed by atoms with Crippen LogP contribution in [0.2, 0.25) is 0 Å². The van der Waals surface area contributed by atoms with Gasteiger partial charge in [0, 0.05) is 11.3 Å². The van der Waals surface area contributed by atoms with E-state index < -0.39 is 23.5 Å². The molecule has 82 valence electrons. The van der Waals surface area contributed by atoms with Gasteiger partial charge >= 0.3 is 5.97 Å². The SMILES string of the molecule is COC(=O)c1cc(C(F)F)c(C)[nH]c1=O. The maximum atomic E-state index is 12.4. The van der Waals surface area contributed by atoms with Crippen LogP contribution < -0.4 is 5.56 Å². The van der Waals surface area contributed by atoms with Crippen LogP contribution in [-0.4, -0.2) is 18.1 Å².